The number of rotatable bonds is 9. The van der Waals surface area contributed by atoms with Crippen LogP contribution in [0.3, 0.4) is 0 Å². The number of aliphatic hydroxyl groups is 2. The molecule has 0 fully saturated rings. The zero-order valence-electron chi connectivity index (χ0n) is 23.6. The van der Waals surface area contributed by atoms with Gasteiger partial charge in [-0.1, -0.05) is 89.4 Å². The van der Waals surface area contributed by atoms with Crippen molar-refractivity contribution in [2.24, 2.45) is 10.9 Å². The minimum atomic E-state index is -1.18. The number of carbonyl (C=O) groups excluding carboxylic acids is 2. The first-order valence-electron chi connectivity index (χ1n) is 13.3. The molecule has 0 radical (unpaired) electrons. The number of allylic oxidation sites excluding steroid dienone is 1. The van der Waals surface area contributed by atoms with E-state index in [0.717, 1.165) is 37.7 Å². The van der Waals surface area contributed by atoms with Crippen LogP contribution in [0.1, 0.15) is 82.6 Å². The molecular weight excluding hydrogens is 483 g/mol. The third-order valence-electron chi connectivity index (χ3n) is 6.20. The Labute approximate surface area is 226 Å². The van der Waals surface area contributed by atoms with E-state index >= 15 is 0 Å². The number of aliphatic imine (C=N–C) groups is 1. The Morgan fingerprint density at radius 1 is 1.03 bits per heavy atom. The van der Waals surface area contributed by atoms with Crippen molar-refractivity contribution in [3.05, 3.63) is 83.0 Å². The van der Waals surface area contributed by atoms with Crippen LogP contribution < -0.4 is 0 Å². The summed E-state index contributed by atoms with van der Waals surface area (Å²) in [5.74, 6) is 0.162. The number of amidine groups is 1. The smallest absolute Gasteiger partial charge is 0.188 e. The van der Waals surface area contributed by atoms with Gasteiger partial charge in [0.1, 0.15) is 17.3 Å². The van der Waals surface area contributed by atoms with Crippen molar-refractivity contribution in [2.45, 2.75) is 79.4 Å². The standard InChI is InChI=1S/C14H24N2O3.C9H10O.C8H9F/c1-5-6-7-8-9(2)13-15-11(10(3)17)12(18)14(19)16(13)4;1-2-9(10)8-6-4-3-5-7-8;1-2-7-3-5-8(9)6-4-7/h9,14,18-19H,5-8H2,1-4H3;3-7H,2H2,1H3;3-6H,2H2,1H3. The molecule has 7 heteroatoms. The summed E-state index contributed by atoms with van der Waals surface area (Å²) in [6.45, 7) is 9.43. The molecule has 38 heavy (non-hydrogen) atoms. The van der Waals surface area contributed by atoms with Crippen molar-refractivity contribution in [2.75, 3.05) is 7.05 Å². The third kappa shape index (κ3) is 10.6. The fourth-order valence-corrected chi connectivity index (χ4v) is 3.78. The zero-order chi connectivity index (χ0) is 28.7. The monoisotopic (exact) mass is 526 g/mol. The molecule has 0 amide bonds. The average molecular weight is 527 g/mol. The maximum Gasteiger partial charge on any atom is 0.188 e. The molecule has 208 valence electrons. The Balaban J connectivity index is 0.000000317. The number of hydrogen-bond acceptors (Lipinski definition) is 6. The SMILES string of the molecule is CCC(=O)c1ccccc1.CCCCCC(C)C1=NC(C(C)=O)=C(O)C(O)N1C.CCc1ccc(F)cc1. The summed E-state index contributed by atoms with van der Waals surface area (Å²) in [5, 5.41) is 19.7. The van der Waals surface area contributed by atoms with Crippen molar-refractivity contribution < 1.29 is 24.2 Å². The second-order valence-corrected chi connectivity index (χ2v) is 9.26. The fourth-order valence-electron chi connectivity index (χ4n) is 3.78. The summed E-state index contributed by atoms with van der Waals surface area (Å²) < 4.78 is 12.2. The lowest BCUT2D eigenvalue weighted by atomic mass is 10.00. The zero-order valence-corrected chi connectivity index (χ0v) is 23.6. The molecule has 2 aromatic rings. The number of Topliss-reactive ketones (excluding diaryl/α,β-unsaturated/α-hetero) is 2. The molecule has 2 unspecified atom stereocenters. The number of aryl methyl sites for hydroxylation is 1. The van der Waals surface area contributed by atoms with Crippen LogP contribution in [0, 0.1) is 11.7 Å². The van der Waals surface area contributed by atoms with Gasteiger partial charge in [0.2, 0.25) is 0 Å². The van der Waals surface area contributed by atoms with Gasteiger partial charge in [0.05, 0.1) is 0 Å². The molecule has 1 heterocycles. The lowest BCUT2D eigenvalue weighted by molar-refractivity contribution is -0.114. The number of aliphatic hydroxyl groups excluding tert-OH is 2. The first-order valence-corrected chi connectivity index (χ1v) is 13.3. The van der Waals surface area contributed by atoms with Crippen LogP contribution in [0.4, 0.5) is 4.39 Å². The van der Waals surface area contributed by atoms with Crippen LogP contribution >= 0.6 is 0 Å². The minimum absolute atomic E-state index is 0.0251. The van der Waals surface area contributed by atoms with E-state index in [1.807, 2.05) is 51.1 Å². The summed E-state index contributed by atoms with van der Waals surface area (Å²) in [4.78, 5) is 28.2. The lowest BCUT2D eigenvalue weighted by Crippen LogP contribution is -2.44. The number of halogens is 1. The quantitative estimate of drug-likeness (QED) is 0.274. The van der Waals surface area contributed by atoms with Crippen LogP contribution in [-0.4, -0.2) is 45.8 Å². The fraction of sp³-hybridized carbons (Fsp3) is 0.452. The van der Waals surface area contributed by atoms with Gasteiger partial charge in [0.25, 0.3) is 0 Å². The minimum Gasteiger partial charge on any atom is -0.506 e. The van der Waals surface area contributed by atoms with Gasteiger partial charge in [-0.05, 0) is 30.5 Å². The van der Waals surface area contributed by atoms with Crippen LogP contribution in [0.2, 0.25) is 0 Å². The van der Waals surface area contributed by atoms with Crippen molar-refractivity contribution in [1.82, 2.24) is 4.90 Å². The second kappa shape index (κ2) is 17.2. The van der Waals surface area contributed by atoms with Crippen LogP contribution in [-0.2, 0) is 11.2 Å². The van der Waals surface area contributed by atoms with Gasteiger partial charge >= 0.3 is 0 Å². The summed E-state index contributed by atoms with van der Waals surface area (Å²) >= 11 is 0. The Bertz CT molecular complexity index is 1070. The molecule has 0 aliphatic carbocycles. The first-order chi connectivity index (χ1) is 18.1. The highest BCUT2D eigenvalue weighted by atomic mass is 19.1. The molecule has 0 bridgehead atoms. The molecule has 6 nitrogen and oxygen atoms in total. The van der Waals surface area contributed by atoms with E-state index in [2.05, 4.69) is 11.9 Å². The highest BCUT2D eigenvalue weighted by Crippen LogP contribution is 2.24. The Hall–Kier alpha value is -3.32. The van der Waals surface area contributed by atoms with Crippen molar-refractivity contribution in [3.63, 3.8) is 0 Å². The molecule has 0 saturated heterocycles. The predicted molar refractivity (Wildman–Crippen MR) is 152 cm³/mol. The van der Waals surface area contributed by atoms with Gasteiger partial charge < -0.3 is 15.1 Å². The molecule has 0 aromatic heterocycles. The molecule has 2 aromatic carbocycles. The Morgan fingerprint density at radius 2 is 1.63 bits per heavy atom. The topological polar surface area (TPSA) is 90.2 Å². The molecule has 2 atom stereocenters. The van der Waals surface area contributed by atoms with Crippen LogP contribution in [0.25, 0.3) is 0 Å². The number of hydrogen-bond donors (Lipinski definition) is 2. The molecular formula is C31H43FN2O4. The molecule has 2 N–H and O–H groups in total. The van der Waals surface area contributed by atoms with Crippen LogP contribution in [0.15, 0.2) is 71.0 Å². The number of benzene rings is 2. The normalized spacial score (nSPS) is 15.4. The van der Waals surface area contributed by atoms with E-state index in [0.29, 0.717) is 12.3 Å². The van der Waals surface area contributed by atoms with Crippen molar-refractivity contribution in [1.29, 1.82) is 0 Å². The van der Waals surface area contributed by atoms with Crippen LogP contribution in [0.5, 0.6) is 0 Å². The van der Waals surface area contributed by atoms with Gasteiger partial charge in [-0.3, -0.25) is 9.59 Å². The van der Waals surface area contributed by atoms with Gasteiger partial charge in [-0.25, -0.2) is 9.38 Å². The van der Waals surface area contributed by atoms with E-state index < -0.39 is 6.23 Å². The Kier molecular flexibility index (Phi) is 14.8. The molecule has 1 aliphatic heterocycles. The number of ketones is 2. The molecule has 3 rings (SSSR count). The van der Waals surface area contributed by atoms with Gasteiger partial charge in [0, 0.05) is 31.9 Å². The summed E-state index contributed by atoms with van der Waals surface area (Å²) in [6, 6.07) is 15.9. The number of likely N-dealkylation sites (N-methyl/N-ethyl adjacent to an activating group) is 1. The van der Waals surface area contributed by atoms with Gasteiger partial charge in [0.15, 0.2) is 23.6 Å². The first kappa shape index (κ1) is 32.7. The highest BCUT2D eigenvalue weighted by Gasteiger charge is 2.31. The highest BCUT2D eigenvalue weighted by molar-refractivity contribution is 5.99. The van der Waals surface area contributed by atoms with E-state index in [-0.39, 0.29) is 34.8 Å². The molecule has 1 aliphatic rings. The Morgan fingerprint density at radius 3 is 2.13 bits per heavy atom. The lowest BCUT2D eigenvalue weighted by Gasteiger charge is -2.33. The van der Waals surface area contributed by atoms with Crippen molar-refractivity contribution in [3.8, 4) is 0 Å². The maximum atomic E-state index is 12.2. The maximum absolute atomic E-state index is 12.2. The second-order valence-electron chi connectivity index (χ2n) is 9.26. The molecule has 0 spiro atoms. The third-order valence-corrected chi connectivity index (χ3v) is 6.20. The average Bonchev–Trinajstić information content (AvgIpc) is 2.93. The summed E-state index contributed by atoms with van der Waals surface area (Å²) in [5.41, 5.74) is 1.96. The molecule has 0 saturated carbocycles. The summed E-state index contributed by atoms with van der Waals surface area (Å²) in [6.07, 6.45) is 4.73. The number of carbonyl (C=O) groups is 2. The predicted octanol–water partition coefficient (Wildman–Crippen LogP) is 6.89. The van der Waals surface area contributed by atoms with Gasteiger partial charge in [-0.15, -0.1) is 0 Å². The van der Waals surface area contributed by atoms with E-state index in [4.69, 9.17) is 0 Å². The van der Waals surface area contributed by atoms with Crippen molar-refractivity contribution >= 4 is 17.4 Å². The summed E-state index contributed by atoms with van der Waals surface area (Å²) in [7, 11) is 1.67. The van der Waals surface area contributed by atoms with E-state index in [1.54, 1.807) is 19.2 Å². The van der Waals surface area contributed by atoms with E-state index in [9.17, 15) is 24.2 Å². The van der Waals surface area contributed by atoms with E-state index in [1.165, 1.54) is 29.5 Å². The van der Waals surface area contributed by atoms with Gasteiger partial charge in [-0.2, -0.15) is 0 Å². The largest absolute Gasteiger partial charge is 0.506 e. The number of unbranched alkanes of at least 4 members (excludes halogenated alkanes) is 2. The number of nitrogens with zero attached hydrogens (tertiary/aromatic N) is 2.